The molecule has 14 heavy (non-hydrogen) atoms. The van der Waals surface area contributed by atoms with E-state index in [4.69, 9.17) is 0 Å². The van der Waals surface area contributed by atoms with E-state index in [1.54, 1.807) is 6.92 Å². The lowest BCUT2D eigenvalue weighted by Gasteiger charge is -2.20. The molecule has 1 fully saturated rings. The smallest absolute Gasteiger partial charge is 0.346 e. The fourth-order valence-electron chi connectivity index (χ4n) is 1.86. The Morgan fingerprint density at radius 3 is 2.29 bits per heavy atom. The van der Waals surface area contributed by atoms with Crippen molar-refractivity contribution in [1.29, 1.82) is 0 Å². The Morgan fingerprint density at radius 1 is 1.36 bits per heavy atom. The average Bonchev–Trinajstić information content (AvgIpc) is 2.53. The first kappa shape index (κ1) is 11.3. The predicted molar refractivity (Wildman–Crippen MR) is 45.6 cm³/mol. The third-order valence-corrected chi connectivity index (χ3v) is 2.72. The Bertz CT molecular complexity index is 209. The Balaban J connectivity index is 2.39. The molecule has 0 aromatic rings. The van der Waals surface area contributed by atoms with Crippen molar-refractivity contribution in [2.24, 2.45) is 5.92 Å². The maximum atomic E-state index is 11.9. The van der Waals surface area contributed by atoms with E-state index < -0.39 is 12.1 Å². The second kappa shape index (κ2) is 4.19. The van der Waals surface area contributed by atoms with E-state index in [0.29, 0.717) is 0 Å². The molecule has 1 unspecified atom stereocenters. The van der Waals surface area contributed by atoms with Gasteiger partial charge in [-0.05, 0) is 25.7 Å². The highest BCUT2D eigenvalue weighted by atomic mass is 19.4. The van der Waals surface area contributed by atoms with Crippen LogP contribution >= 0.6 is 0 Å². The molecule has 0 bridgehead atoms. The van der Waals surface area contributed by atoms with Gasteiger partial charge in [-0.15, -0.1) is 0 Å². The third kappa shape index (κ3) is 2.89. The van der Waals surface area contributed by atoms with Crippen LogP contribution in [0.4, 0.5) is 13.2 Å². The van der Waals surface area contributed by atoms with Gasteiger partial charge in [0.1, 0.15) is 0 Å². The van der Waals surface area contributed by atoms with Gasteiger partial charge in [-0.1, -0.05) is 12.8 Å². The molecule has 0 aliphatic heterocycles. The molecule has 2 nitrogen and oxygen atoms in total. The van der Waals surface area contributed by atoms with Crippen molar-refractivity contribution in [3.63, 3.8) is 0 Å². The number of carbonyl (C=O) groups is 1. The van der Waals surface area contributed by atoms with Gasteiger partial charge in [0.2, 0.25) is 0 Å². The number of alkyl halides is 3. The van der Waals surface area contributed by atoms with Crippen molar-refractivity contribution in [3.05, 3.63) is 0 Å². The van der Waals surface area contributed by atoms with Gasteiger partial charge in [-0.25, -0.2) is 0 Å². The van der Waals surface area contributed by atoms with Crippen molar-refractivity contribution < 1.29 is 18.0 Å². The largest absolute Gasteiger partial charge is 0.471 e. The molecule has 0 spiro atoms. The highest BCUT2D eigenvalue weighted by Gasteiger charge is 2.40. The Morgan fingerprint density at radius 2 is 1.86 bits per heavy atom. The number of rotatable bonds is 2. The molecular weight excluding hydrogens is 195 g/mol. The Labute approximate surface area is 80.9 Å². The van der Waals surface area contributed by atoms with Crippen LogP contribution < -0.4 is 5.32 Å². The molecule has 1 aliphatic carbocycles. The van der Waals surface area contributed by atoms with Crippen molar-refractivity contribution in [2.45, 2.75) is 44.8 Å². The predicted octanol–water partition coefficient (Wildman–Crippen LogP) is 2.24. The van der Waals surface area contributed by atoms with Crippen LogP contribution in [-0.4, -0.2) is 18.1 Å². The Kier molecular flexibility index (Phi) is 3.39. The van der Waals surface area contributed by atoms with Crippen LogP contribution in [0, 0.1) is 5.92 Å². The molecule has 0 radical (unpaired) electrons. The van der Waals surface area contributed by atoms with Gasteiger partial charge in [-0.2, -0.15) is 13.2 Å². The summed E-state index contributed by atoms with van der Waals surface area (Å²) in [5.41, 5.74) is 0. The molecular formula is C9H14F3NO. The molecule has 0 saturated heterocycles. The summed E-state index contributed by atoms with van der Waals surface area (Å²) >= 11 is 0. The third-order valence-electron chi connectivity index (χ3n) is 2.72. The Hall–Kier alpha value is -0.740. The van der Waals surface area contributed by atoms with Gasteiger partial charge in [0.25, 0.3) is 0 Å². The lowest BCUT2D eigenvalue weighted by atomic mass is 10.00. The van der Waals surface area contributed by atoms with Crippen LogP contribution in [0.25, 0.3) is 0 Å². The summed E-state index contributed by atoms with van der Waals surface area (Å²) in [7, 11) is 0. The van der Waals surface area contributed by atoms with Crippen LogP contribution in [0.2, 0.25) is 0 Å². The van der Waals surface area contributed by atoms with Gasteiger partial charge < -0.3 is 5.32 Å². The second-order valence-corrected chi connectivity index (χ2v) is 3.80. The zero-order valence-electron chi connectivity index (χ0n) is 8.03. The highest BCUT2D eigenvalue weighted by Crippen LogP contribution is 2.28. The maximum absolute atomic E-state index is 11.9. The molecule has 0 aromatic heterocycles. The fourth-order valence-corrected chi connectivity index (χ4v) is 1.86. The first-order valence-electron chi connectivity index (χ1n) is 4.79. The van der Waals surface area contributed by atoms with Gasteiger partial charge in [0.15, 0.2) is 0 Å². The van der Waals surface area contributed by atoms with E-state index in [1.165, 1.54) is 0 Å². The number of hydrogen-bond acceptors (Lipinski definition) is 1. The molecule has 82 valence electrons. The molecule has 0 heterocycles. The van der Waals surface area contributed by atoms with E-state index in [-0.39, 0.29) is 12.0 Å². The summed E-state index contributed by atoms with van der Waals surface area (Å²) in [4.78, 5) is 10.6. The van der Waals surface area contributed by atoms with Gasteiger partial charge in [0, 0.05) is 6.04 Å². The van der Waals surface area contributed by atoms with Crippen molar-refractivity contribution in [2.75, 3.05) is 0 Å². The van der Waals surface area contributed by atoms with Crippen molar-refractivity contribution >= 4 is 5.91 Å². The summed E-state index contributed by atoms with van der Waals surface area (Å²) in [5.74, 6) is -1.61. The minimum absolute atomic E-state index is 0.210. The van der Waals surface area contributed by atoms with Gasteiger partial charge in [0.05, 0.1) is 0 Å². The zero-order chi connectivity index (χ0) is 10.8. The average molecular weight is 209 g/mol. The quantitative estimate of drug-likeness (QED) is 0.742. The summed E-state index contributed by atoms with van der Waals surface area (Å²) in [5, 5.41) is 2.00. The van der Waals surface area contributed by atoms with E-state index >= 15 is 0 Å². The molecule has 1 saturated carbocycles. The first-order chi connectivity index (χ1) is 6.41. The number of nitrogens with one attached hydrogen (secondary N) is 1. The van der Waals surface area contributed by atoms with Crippen LogP contribution in [0.5, 0.6) is 0 Å². The van der Waals surface area contributed by atoms with Crippen molar-refractivity contribution in [1.82, 2.24) is 5.32 Å². The van der Waals surface area contributed by atoms with E-state index in [9.17, 15) is 18.0 Å². The molecule has 1 atom stereocenters. The van der Waals surface area contributed by atoms with Gasteiger partial charge in [-0.3, -0.25) is 4.79 Å². The number of carbonyl (C=O) groups excluding carboxylic acids is 1. The second-order valence-electron chi connectivity index (χ2n) is 3.80. The van der Waals surface area contributed by atoms with Crippen LogP contribution in [-0.2, 0) is 4.79 Å². The van der Waals surface area contributed by atoms with Crippen LogP contribution in [0.1, 0.15) is 32.6 Å². The van der Waals surface area contributed by atoms with Crippen molar-refractivity contribution in [3.8, 4) is 0 Å². The monoisotopic (exact) mass is 209 g/mol. The number of halogens is 3. The molecule has 1 amide bonds. The van der Waals surface area contributed by atoms with Gasteiger partial charge >= 0.3 is 12.1 Å². The SMILES string of the molecule is CC(NC(=O)C(F)(F)F)C1CCCC1. The highest BCUT2D eigenvalue weighted by molar-refractivity contribution is 5.81. The molecule has 1 aliphatic rings. The standard InChI is InChI=1S/C9H14F3NO/c1-6(7-4-2-3-5-7)13-8(14)9(10,11)12/h6-7H,2-5H2,1H3,(H,13,14). The molecule has 1 rings (SSSR count). The molecule has 0 aromatic carbocycles. The first-order valence-corrected chi connectivity index (χ1v) is 4.79. The minimum atomic E-state index is -4.76. The van der Waals surface area contributed by atoms with E-state index in [1.807, 2.05) is 5.32 Å². The minimum Gasteiger partial charge on any atom is -0.346 e. The molecule has 5 heteroatoms. The maximum Gasteiger partial charge on any atom is 0.471 e. The summed E-state index contributed by atoms with van der Waals surface area (Å²) in [6.45, 7) is 1.64. The van der Waals surface area contributed by atoms with Crippen LogP contribution in [0.3, 0.4) is 0 Å². The fraction of sp³-hybridized carbons (Fsp3) is 0.889. The summed E-state index contributed by atoms with van der Waals surface area (Å²) in [6.07, 6.45) is -0.820. The number of amides is 1. The molecule has 1 N–H and O–H groups in total. The lowest BCUT2D eigenvalue weighted by Crippen LogP contribution is -2.44. The van der Waals surface area contributed by atoms with E-state index in [0.717, 1.165) is 25.7 Å². The zero-order valence-corrected chi connectivity index (χ0v) is 8.03. The normalized spacial score (nSPS) is 20.9. The number of hydrogen-bond donors (Lipinski definition) is 1. The summed E-state index contributed by atoms with van der Waals surface area (Å²) in [6, 6.07) is -0.369. The van der Waals surface area contributed by atoms with E-state index in [2.05, 4.69) is 0 Å². The lowest BCUT2D eigenvalue weighted by molar-refractivity contribution is -0.174. The topological polar surface area (TPSA) is 29.1 Å². The van der Waals surface area contributed by atoms with Crippen LogP contribution in [0.15, 0.2) is 0 Å². The summed E-state index contributed by atoms with van der Waals surface area (Å²) < 4.78 is 35.7.